The zero-order valence-electron chi connectivity index (χ0n) is 21.4. The molecule has 0 saturated carbocycles. The minimum atomic E-state index is -2.72. The second-order valence-electron chi connectivity index (χ2n) is 10.1. The number of aryl methyl sites for hydroxylation is 1. The Balaban J connectivity index is 0.00000336. The van der Waals surface area contributed by atoms with Crippen LogP contribution in [0.25, 0.3) is 32.2 Å². The molecule has 0 spiro atoms. The van der Waals surface area contributed by atoms with E-state index in [0.717, 1.165) is 37.9 Å². The molecule has 0 radical (unpaired) electrons. The van der Waals surface area contributed by atoms with Gasteiger partial charge in [-0.15, -0.1) is 29.1 Å². The smallest absolute Gasteiger partial charge is 0.462 e. The van der Waals surface area contributed by atoms with Gasteiger partial charge < -0.3 is 26.7 Å². The molecule has 5 rings (SSSR count). The summed E-state index contributed by atoms with van der Waals surface area (Å²) in [5.74, 6) is -3.19. The normalized spacial score (nSPS) is 14.9. The SMILES string of the molecule is [CH2-]Cc1ccnc2c(-c3c(CC(=O)OCC(C)(C)O)c(C)cc4nc(N5CC(F)(F)C5)sc34)cc[c-]c12.[U+2]. The maximum Gasteiger partial charge on any atom is 2.00 e. The Bertz CT molecular complexity index is 1510. The number of alkyl halides is 2. The summed E-state index contributed by atoms with van der Waals surface area (Å²) in [6.07, 6.45) is 2.26. The molecular weight excluding hydrogens is 734 g/mol. The average molecular weight is 762 g/mol. The Labute approximate surface area is 247 Å². The zero-order chi connectivity index (χ0) is 26.5. The number of aliphatic hydroxyl groups is 1. The number of rotatable bonds is 7. The van der Waals surface area contributed by atoms with Gasteiger partial charge >= 0.3 is 37.1 Å². The molecule has 1 saturated heterocycles. The van der Waals surface area contributed by atoms with E-state index in [1.54, 1.807) is 24.9 Å². The predicted octanol–water partition coefficient (Wildman–Crippen LogP) is 5.31. The van der Waals surface area contributed by atoms with Gasteiger partial charge in [-0.3, -0.25) is 4.79 Å². The van der Waals surface area contributed by atoms with E-state index in [1.165, 1.54) is 11.3 Å². The molecule has 10 heteroatoms. The van der Waals surface area contributed by atoms with Crippen LogP contribution in [-0.4, -0.2) is 52.3 Å². The van der Waals surface area contributed by atoms with Crippen molar-refractivity contribution in [2.24, 2.45) is 0 Å². The fraction of sp³-hybridized carbons (Fsp3) is 0.357. The summed E-state index contributed by atoms with van der Waals surface area (Å²) in [6.45, 7) is 8.18. The Morgan fingerprint density at radius 1 is 1.34 bits per heavy atom. The molecule has 38 heavy (non-hydrogen) atoms. The fourth-order valence-electron chi connectivity index (χ4n) is 4.54. The predicted molar refractivity (Wildman–Crippen MR) is 141 cm³/mol. The van der Waals surface area contributed by atoms with Gasteiger partial charge in [0, 0.05) is 6.20 Å². The summed E-state index contributed by atoms with van der Waals surface area (Å²) in [5, 5.41) is 11.3. The van der Waals surface area contributed by atoms with Crippen molar-refractivity contribution in [1.82, 2.24) is 9.97 Å². The molecule has 0 atom stereocenters. The monoisotopic (exact) mass is 761 g/mol. The first-order valence-electron chi connectivity index (χ1n) is 12.0. The van der Waals surface area contributed by atoms with Crippen molar-refractivity contribution in [3.05, 3.63) is 60.1 Å². The number of hydrogen-bond donors (Lipinski definition) is 1. The minimum Gasteiger partial charge on any atom is -0.462 e. The Kier molecular flexibility index (Phi) is 8.21. The third-order valence-electron chi connectivity index (χ3n) is 6.33. The Morgan fingerprint density at radius 3 is 2.74 bits per heavy atom. The van der Waals surface area contributed by atoms with E-state index in [1.807, 2.05) is 31.2 Å². The Hall–Kier alpha value is -2.12. The van der Waals surface area contributed by atoms with Gasteiger partial charge in [-0.05, 0) is 49.0 Å². The molecule has 1 fully saturated rings. The van der Waals surface area contributed by atoms with Crippen molar-refractivity contribution in [3.63, 3.8) is 0 Å². The van der Waals surface area contributed by atoms with Crippen molar-refractivity contribution in [2.75, 3.05) is 24.6 Å². The number of anilines is 1. The summed E-state index contributed by atoms with van der Waals surface area (Å²) in [6, 6.07) is 10.8. The topological polar surface area (TPSA) is 75.5 Å². The second-order valence-corrected chi connectivity index (χ2v) is 11.1. The van der Waals surface area contributed by atoms with Crippen molar-refractivity contribution in [2.45, 2.75) is 45.1 Å². The number of nitrogens with zero attached hydrogens (tertiary/aromatic N) is 3. The van der Waals surface area contributed by atoms with Gasteiger partial charge in [0.15, 0.2) is 5.13 Å². The molecule has 6 nitrogen and oxygen atoms in total. The number of carbonyl (C=O) groups is 1. The molecule has 4 aromatic rings. The van der Waals surface area contributed by atoms with Crippen LogP contribution in [0, 0.1) is 51.0 Å². The van der Waals surface area contributed by atoms with Crippen LogP contribution in [0.15, 0.2) is 30.5 Å². The molecule has 0 bridgehead atoms. The minimum absolute atomic E-state index is 0. The van der Waals surface area contributed by atoms with Gasteiger partial charge in [0.25, 0.3) is 5.92 Å². The Morgan fingerprint density at radius 2 is 2.08 bits per heavy atom. The molecule has 1 N–H and O–H groups in total. The third kappa shape index (κ3) is 5.74. The van der Waals surface area contributed by atoms with Gasteiger partial charge in [0.05, 0.1) is 35.3 Å². The fourth-order valence-corrected chi connectivity index (χ4v) is 5.66. The number of thiazole rings is 1. The first-order chi connectivity index (χ1) is 17.5. The first-order valence-corrected chi connectivity index (χ1v) is 12.8. The zero-order valence-corrected chi connectivity index (χ0v) is 26.4. The second kappa shape index (κ2) is 10.8. The molecule has 0 amide bonds. The van der Waals surface area contributed by atoms with E-state index < -0.39 is 17.5 Å². The number of hydrogen-bond acceptors (Lipinski definition) is 7. The van der Waals surface area contributed by atoms with Crippen LogP contribution in [0.4, 0.5) is 13.9 Å². The van der Waals surface area contributed by atoms with Gasteiger partial charge in [0.1, 0.15) is 6.61 Å². The van der Waals surface area contributed by atoms with Crippen molar-refractivity contribution in [3.8, 4) is 11.1 Å². The van der Waals surface area contributed by atoms with Crippen LogP contribution in [0.1, 0.15) is 30.5 Å². The van der Waals surface area contributed by atoms with E-state index >= 15 is 0 Å². The van der Waals surface area contributed by atoms with E-state index in [9.17, 15) is 18.7 Å². The van der Waals surface area contributed by atoms with Crippen molar-refractivity contribution < 1.29 is 54.5 Å². The van der Waals surface area contributed by atoms with Crippen LogP contribution in [0.5, 0.6) is 0 Å². The van der Waals surface area contributed by atoms with E-state index in [2.05, 4.69) is 23.0 Å². The molecule has 2 aromatic carbocycles. The van der Waals surface area contributed by atoms with Crippen LogP contribution in [0.2, 0.25) is 0 Å². The van der Waals surface area contributed by atoms with E-state index in [4.69, 9.17) is 4.74 Å². The van der Waals surface area contributed by atoms with E-state index in [0.29, 0.717) is 22.6 Å². The number of benzene rings is 2. The summed E-state index contributed by atoms with van der Waals surface area (Å²) in [7, 11) is 0. The largest absolute Gasteiger partial charge is 2.00 e. The molecule has 1 aliphatic rings. The van der Waals surface area contributed by atoms with Gasteiger partial charge in [-0.1, -0.05) is 23.0 Å². The van der Waals surface area contributed by atoms with Gasteiger partial charge in [-0.2, -0.15) is 6.42 Å². The summed E-state index contributed by atoms with van der Waals surface area (Å²) in [5.41, 5.74) is 4.37. The van der Waals surface area contributed by atoms with Crippen LogP contribution >= 0.6 is 11.3 Å². The summed E-state index contributed by atoms with van der Waals surface area (Å²) < 4.78 is 33.3. The maximum absolute atomic E-state index is 13.6. The first kappa shape index (κ1) is 28.9. The molecular formula is C28H27F2N3O3SU. The van der Waals surface area contributed by atoms with Crippen molar-refractivity contribution in [1.29, 1.82) is 0 Å². The number of carbonyl (C=O) groups excluding carboxylic acids is 1. The van der Waals surface area contributed by atoms with Crippen molar-refractivity contribution >= 4 is 43.6 Å². The molecule has 3 heterocycles. The average Bonchev–Trinajstić information content (AvgIpc) is 3.23. The summed E-state index contributed by atoms with van der Waals surface area (Å²) in [4.78, 5) is 23.8. The van der Waals surface area contributed by atoms with Crippen LogP contribution < -0.4 is 4.90 Å². The molecule has 0 unspecified atom stereocenters. The molecule has 0 aliphatic carbocycles. The van der Waals surface area contributed by atoms with Crippen LogP contribution in [0.3, 0.4) is 0 Å². The van der Waals surface area contributed by atoms with Gasteiger partial charge in [0.2, 0.25) is 0 Å². The number of fused-ring (bicyclic) bond motifs is 2. The van der Waals surface area contributed by atoms with Crippen LogP contribution in [-0.2, 0) is 22.4 Å². The molecule has 2 aromatic heterocycles. The quantitative estimate of drug-likeness (QED) is 0.204. The summed E-state index contributed by atoms with van der Waals surface area (Å²) >= 11 is 1.33. The molecule has 1 aliphatic heterocycles. The molecule has 196 valence electrons. The number of halogens is 2. The number of esters is 1. The van der Waals surface area contributed by atoms with E-state index in [-0.39, 0.29) is 57.2 Å². The number of pyridine rings is 1. The standard InChI is InChI=1S/C28H27F2N3O3S.U/c1-5-17-9-10-31-24-18(17)7-6-8-19(24)23-20(12-22(34)36-15-27(3,4)35)16(2)11-21-25(23)37-26(32-21)33-13-28(29,30)14-33;/h6,8-11,35H,1,5,12-15H2,2-4H3;/q-2;+2. The third-order valence-corrected chi connectivity index (χ3v) is 7.48. The number of ether oxygens (including phenoxy) is 1. The van der Waals surface area contributed by atoms with Gasteiger partial charge in [-0.25, -0.2) is 13.8 Å². The number of aromatic nitrogens is 2. The maximum atomic E-state index is 13.6.